The molecule has 118 valence electrons. The van der Waals surface area contributed by atoms with Crippen LogP contribution >= 0.6 is 0 Å². The SMILES string of the molecule is NC(CCCCNC(=O)OC1C#CCCCCC1)C(=O)O. The fraction of sp³-hybridized carbons (Fsp3) is 0.733. The highest BCUT2D eigenvalue weighted by molar-refractivity contribution is 5.72. The molecule has 2 atom stereocenters. The quantitative estimate of drug-likeness (QED) is 0.489. The van der Waals surface area contributed by atoms with Gasteiger partial charge in [-0.25, -0.2) is 4.79 Å². The highest BCUT2D eigenvalue weighted by atomic mass is 16.6. The van der Waals surface area contributed by atoms with E-state index in [1.807, 2.05) is 0 Å². The molecule has 0 aromatic carbocycles. The lowest BCUT2D eigenvalue weighted by Gasteiger charge is -2.14. The molecule has 0 saturated heterocycles. The minimum Gasteiger partial charge on any atom is -0.480 e. The van der Waals surface area contributed by atoms with Crippen molar-refractivity contribution in [3.05, 3.63) is 0 Å². The van der Waals surface area contributed by atoms with E-state index in [0.29, 0.717) is 25.8 Å². The maximum Gasteiger partial charge on any atom is 0.408 e. The summed E-state index contributed by atoms with van der Waals surface area (Å²) in [5.41, 5.74) is 5.38. The summed E-state index contributed by atoms with van der Waals surface area (Å²) in [7, 11) is 0. The van der Waals surface area contributed by atoms with Gasteiger partial charge in [0.05, 0.1) is 0 Å². The average Bonchev–Trinajstić information content (AvgIpc) is 2.41. The van der Waals surface area contributed by atoms with Crippen molar-refractivity contribution in [2.45, 2.75) is 63.5 Å². The lowest BCUT2D eigenvalue weighted by molar-refractivity contribution is -0.138. The van der Waals surface area contributed by atoms with Gasteiger partial charge in [0.25, 0.3) is 0 Å². The Bertz CT molecular complexity index is 400. The van der Waals surface area contributed by atoms with E-state index in [1.54, 1.807) is 0 Å². The molecule has 0 fully saturated rings. The Kier molecular flexibility index (Phi) is 8.29. The summed E-state index contributed by atoms with van der Waals surface area (Å²) < 4.78 is 5.25. The van der Waals surface area contributed by atoms with Crippen LogP contribution in [0.4, 0.5) is 4.79 Å². The molecule has 1 amide bonds. The zero-order chi connectivity index (χ0) is 15.5. The molecule has 2 unspecified atom stereocenters. The minimum atomic E-state index is -0.995. The van der Waals surface area contributed by atoms with Crippen LogP contribution in [0.25, 0.3) is 0 Å². The van der Waals surface area contributed by atoms with Gasteiger partial charge in [0.15, 0.2) is 6.10 Å². The van der Waals surface area contributed by atoms with Gasteiger partial charge in [0.2, 0.25) is 0 Å². The normalized spacial score (nSPS) is 19.4. The molecular weight excluding hydrogens is 272 g/mol. The summed E-state index contributed by atoms with van der Waals surface area (Å²) in [6.07, 6.45) is 5.87. The first-order valence-electron chi connectivity index (χ1n) is 7.51. The number of carbonyl (C=O) groups excluding carboxylic acids is 1. The largest absolute Gasteiger partial charge is 0.480 e. The summed E-state index contributed by atoms with van der Waals surface area (Å²) in [6.45, 7) is 0.450. The second-order valence-electron chi connectivity index (χ2n) is 5.18. The van der Waals surface area contributed by atoms with E-state index in [2.05, 4.69) is 17.2 Å². The summed E-state index contributed by atoms with van der Waals surface area (Å²) in [5, 5.41) is 11.3. The molecule has 1 aliphatic rings. The van der Waals surface area contributed by atoms with Crippen molar-refractivity contribution in [2.75, 3.05) is 6.54 Å². The third-order valence-electron chi connectivity index (χ3n) is 3.31. The first-order chi connectivity index (χ1) is 10.1. The summed E-state index contributed by atoms with van der Waals surface area (Å²) >= 11 is 0. The third kappa shape index (κ3) is 8.20. The number of amides is 1. The highest BCUT2D eigenvalue weighted by Gasteiger charge is 2.13. The van der Waals surface area contributed by atoms with E-state index in [4.69, 9.17) is 15.6 Å². The number of carboxylic acid groups (broad SMARTS) is 1. The molecule has 0 heterocycles. The molecule has 0 saturated carbocycles. The number of hydrogen-bond acceptors (Lipinski definition) is 4. The van der Waals surface area contributed by atoms with Gasteiger partial charge < -0.3 is 20.9 Å². The first kappa shape index (κ1) is 17.3. The topological polar surface area (TPSA) is 102 Å². The van der Waals surface area contributed by atoms with Crippen LogP contribution in [-0.2, 0) is 9.53 Å². The summed E-state index contributed by atoms with van der Waals surface area (Å²) in [6, 6.07) is -0.831. The number of rotatable bonds is 7. The molecule has 6 nitrogen and oxygen atoms in total. The Morgan fingerprint density at radius 1 is 1.33 bits per heavy atom. The van der Waals surface area contributed by atoms with Gasteiger partial charge in [-0.15, -0.1) is 0 Å². The second-order valence-corrected chi connectivity index (χ2v) is 5.18. The van der Waals surface area contributed by atoms with E-state index in [1.165, 1.54) is 0 Å². The zero-order valence-corrected chi connectivity index (χ0v) is 12.3. The van der Waals surface area contributed by atoms with Crippen molar-refractivity contribution in [1.29, 1.82) is 0 Å². The van der Waals surface area contributed by atoms with E-state index in [0.717, 1.165) is 32.1 Å². The van der Waals surface area contributed by atoms with Crippen LogP contribution < -0.4 is 11.1 Å². The molecule has 0 aromatic rings. The Morgan fingerprint density at radius 3 is 2.90 bits per heavy atom. The number of hydrogen-bond donors (Lipinski definition) is 3. The molecule has 0 spiro atoms. The van der Waals surface area contributed by atoms with Crippen molar-refractivity contribution < 1.29 is 19.4 Å². The minimum absolute atomic E-state index is 0.314. The number of nitrogens with two attached hydrogens (primary N) is 1. The van der Waals surface area contributed by atoms with Gasteiger partial charge in [-0.3, -0.25) is 4.79 Å². The summed E-state index contributed by atoms with van der Waals surface area (Å²) in [4.78, 5) is 22.1. The van der Waals surface area contributed by atoms with E-state index in [9.17, 15) is 9.59 Å². The molecule has 1 aliphatic carbocycles. The van der Waals surface area contributed by atoms with Gasteiger partial charge >= 0.3 is 12.1 Å². The van der Waals surface area contributed by atoms with Crippen LogP contribution in [0.5, 0.6) is 0 Å². The molecule has 0 aromatic heterocycles. The molecule has 4 N–H and O–H groups in total. The molecule has 0 aliphatic heterocycles. The fourth-order valence-electron chi connectivity index (χ4n) is 2.04. The van der Waals surface area contributed by atoms with Gasteiger partial charge in [0.1, 0.15) is 6.04 Å². The Morgan fingerprint density at radius 2 is 2.14 bits per heavy atom. The number of carbonyl (C=O) groups is 2. The van der Waals surface area contributed by atoms with E-state index < -0.39 is 18.1 Å². The van der Waals surface area contributed by atoms with E-state index in [-0.39, 0.29) is 6.10 Å². The van der Waals surface area contributed by atoms with Crippen LogP contribution in [-0.4, -0.2) is 35.9 Å². The van der Waals surface area contributed by atoms with Crippen LogP contribution in [0.1, 0.15) is 51.4 Å². The van der Waals surface area contributed by atoms with E-state index >= 15 is 0 Å². The fourth-order valence-corrected chi connectivity index (χ4v) is 2.04. The van der Waals surface area contributed by atoms with Crippen LogP contribution in [0.3, 0.4) is 0 Å². The van der Waals surface area contributed by atoms with Gasteiger partial charge in [0, 0.05) is 13.0 Å². The molecule has 0 radical (unpaired) electrons. The standard InChI is InChI=1S/C15H24N2O4/c16-13(14(18)19)10-6-7-11-17-15(20)21-12-8-4-2-1-3-5-9-12/h12-13H,1-4,6-8,10-11,16H2,(H,17,20)(H,18,19). The summed E-state index contributed by atoms with van der Waals surface area (Å²) in [5.74, 6) is 4.99. The van der Waals surface area contributed by atoms with Gasteiger partial charge in [-0.2, -0.15) is 0 Å². The number of ether oxygens (including phenoxy) is 1. The molecular formula is C15H24N2O4. The van der Waals surface area contributed by atoms with Crippen LogP contribution in [0.2, 0.25) is 0 Å². The number of carboxylic acids is 1. The average molecular weight is 296 g/mol. The van der Waals surface area contributed by atoms with Crippen LogP contribution in [0, 0.1) is 11.8 Å². The lowest BCUT2D eigenvalue weighted by atomic mass is 10.1. The number of alkyl carbamates (subject to hydrolysis) is 1. The first-order valence-corrected chi connectivity index (χ1v) is 7.51. The Hall–Kier alpha value is -1.74. The number of nitrogens with one attached hydrogen (secondary N) is 1. The Labute approximate surface area is 125 Å². The molecule has 0 bridgehead atoms. The number of unbranched alkanes of at least 4 members (excludes halogenated alkanes) is 1. The van der Waals surface area contributed by atoms with Crippen molar-refractivity contribution >= 4 is 12.1 Å². The van der Waals surface area contributed by atoms with Gasteiger partial charge in [-0.05, 0) is 38.5 Å². The van der Waals surface area contributed by atoms with Crippen molar-refractivity contribution in [1.82, 2.24) is 5.32 Å². The van der Waals surface area contributed by atoms with Crippen molar-refractivity contribution in [3.8, 4) is 11.8 Å². The zero-order valence-electron chi connectivity index (χ0n) is 12.3. The monoisotopic (exact) mass is 296 g/mol. The smallest absolute Gasteiger partial charge is 0.408 e. The maximum atomic E-state index is 11.6. The Balaban J connectivity index is 2.11. The maximum absolute atomic E-state index is 11.6. The van der Waals surface area contributed by atoms with Gasteiger partial charge in [-0.1, -0.05) is 18.3 Å². The van der Waals surface area contributed by atoms with Crippen molar-refractivity contribution in [3.63, 3.8) is 0 Å². The molecule has 6 heteroatoms. The number of aliphatic carboxylic acids is 1. The highest BCUT2D eigenvalue weighted by Crippen LogP contribution is 2.10. The second kappa shape index (κ2) is 10.1. The van der Waals surface area contributed by atoms with Crippen molar-refractivity contribution in [2.24, 2.45) is 5.73 Å². The third-order valence-corrected chi connectivity index (χ3v) is 3.31. The predicted molar refractivity (Wildman–Crippen MR) is 78.6 cm³/mol. The molecule has 21 heavy (non-hydrogen) atoms. The predicted octanol–water partition coefficient (Wildman–Crippen LogP) is 1.63. The van der Waals surface area contributed by atoms with Crippen LogP contribution in [0.15, 0.2) is 0 Å². The lowest BCUT2D eigenvalue weighted by Crippen LogP contribution is -2.31. The molecule has 1 rings (SSSR count).